The van der Waals surface area contributed by atoms with Gasteiger partial charge < -0.3 is 24.4 Å². The molecule has 0 bridgehead atoms. The molecule has 4 rings (SSSR count). The fourth-order valence-corrected chi connectivity index (χ4v) is 5.66. The van der Waals surface area contributed by atoms with Gasteiger partial charge in [0.05, 0.1) is 19.5 Å². The maximum atomic E-state index is 15.9. The monoisotopic (exact) mass is 566 g/mol. The van der Waals surface area contributed by atoms with Gasteiger partial charge in [0.1, 0.15) is 29.8 Å². The lowest BCUT2D eigenvalue weighted by molar-refractivity contribution is -0.144. The molecule has 1 fully saturated rings. The number of fused-ring (bicyclic) bond motifs is 1. The molecule has 0 unspecified atom stereocenters. The smallest absolute Gasteiger partial charge is 0.459 e. The molecular formula is C24H32FN6O7P. The Bertz CT molecular complexity index is 1360. The molecule has 0 spiro atoms. The van der Waals surface area contributed by atoms with Crippen LogP contribution in [0.15, 0.2) is 36.7 Å². The summed E-state index contributed by atoms with van der Waals surface area (Å²) in [6.45, 7) is 5.53. The summed E-state index contributed by atoms with van der Waals surface area (Å²) < 4.78 is 53.0. The van der Waals surface area contributed by atoms with Gasteiger partial charge in [0.25, 0.3) is 0 Å². The number of alkyl halides is 1. The Hall–Kier alpha value is -3.16. The Balaban J connectivity index is 1.57. The van der Waals surface area contributed by atoms with Crippen molar-refractivity contribution in [3.05, 3.63) is 42.5 Å². The number of para-hydroxylation sites is 1. The molecule has 3 aromatic rings. The van der Waals surface area contributed by atoms with Crippen LogP contribution in [0.5, 0.6) is 5.75 Å². The third kappa shape index (κ3) is 6.04. The zero-order valence-corrected chi connectivity index (χ0v) is 23.1. The van der Waals surface area contributed by atoms with E-state index in [4.69, 9.17) is 18.5 Å². The van der Waals surface area contributed by atoms with Crippen LogP contribution in [0.25, 0.3) is 11.2 Å². The third-order valence-corrected chi connectivity index (χ3v) is 7.75. The first-order valence-corrected chi connectivity index (χ1v) is 13.9. The number of aromatic nitrogens is 4. The molecule has 39 heavy (non-hydrogen) atoms. The van der Waals surface area contributed by atoms with Crippen LogP contribution in [0.1, 0.15) is 32.8 Å². The summed E-state index contributed by atoms with van der Waals surface area (Å²) >= 11 is 0. The van der Waals surface area contributed by atoms with Crippen LogP contribution in [-0.2, 0) is 23.4 Å². The highest BCUT2D eigenvalue weighted by Crippen LogP contribution is 2.48. The van der Waals surface area contributed by atoms with Gasteiger partial charge in [-0.05, 0) is 39.8 Å². The number of benzene rings is 1. The predicted octanol–water partition coefficient (Wildman–Crippen LogP) is 2.91. The molecule has 13 nitrogen and oxygen atoms in total. The molecule has 1 aliphatic heterocycles. The van der Waals surface area contributed by atoms with Crippen molar-refractivity contribution >= 4 is 30.7 Å². The van der Waals surface area contributed by atoms with Gasteiger partial charge in [-0.15, -0.1) is 0 Å². The van der Waals surface area contributed by atoms with E-state index in [0.29, 0.717) is 22.8 Å². The number of rotatable bonds is 11. The van der Waals surface area contributed by atoms with Crippen molar-refractivity contribution < 1.29 is 37.4 Å². The number of nitrogens with zero attached hydrogens (tertiary/aromatic N) is 4. The first-order valence-electron chi connectivity index (χ1n) is 12.3. The number of aryl methyl sites for hydroxylation is 1. The minimum atomic E-state index is -4.24. The summed E-state index contributed by atoms with van der Waals surface area (Å²) in [4.78, 5) is 25.1. The molecule has 0 radical (unpaired) electrons. The molecule has 0 saturated carbocycles. The van der Waals surface area contributed by atoms with E-state index in [0.717, 1.165) is 0 Å². The summed E-state index contributed by atoms with van der Waals surface area (Å²) in [6.07, 6.45) is -2.93. The van der Waals surface area contributed by atoms with E-state index in [2.05, 4.69) is 25.4 Å². The number of imidazole rings is 1. The van der Waals surface area contributed by atoms with E-state index >= 15 is 4.39 Å². The first-order chi connectivity index (χ1) is 18.5. The first kappa shape index (κ1) is 28.8. The highest BCUT2D eigenvalue weighted by molar-refractivity contribution is 7.52. The number of halogens is 1. The van der Waals surface area contributed by atoms with Crippen LogP contribution in [0.3, 0.4) is 0 Å². The number of hydrogen-bond acceptors (Lipinski definition) is 11. The third-order valence-electron chi connectivity index (χ3n) is 6.11. The number of anilines is 1. The molecule has 0 aliphatic carbocycles. The van der Waals surface area contributed by atoms with Crippen LogP contribution >= 0.6 is 7.75 Å². The molecule has 6 atom stereocenters. The van der Waals surface area contributed by atoms with Gasteiger partial charge >= 0.3 is 13.7 Å². The summed E-state index contributed by atoms with van der Waals surface area (Å²) in [5.74, 6) is 0.409. The minimum absolute atomic E-state index is 0.122. The molecule has 2 aromatic heterocycles. The van der Waals surface area contributed by atoms with E-state index in [-0.39, 0.29) is 12.4 Å². The van der Waals surface area contributed by atoms with Crippen molar-refractivity contribution in [2.75, 3.05) is 25.6 Å². The molecule has 1 saturated heterocycles. The van der Waals surface area contributed by atoms with Crippen LogP contribution in [0, 0.1) is 6.92 Å². The second-order valence-corrected chi connectivity index (χ2v) is 10.8. The van der Waals surface area contributed by atoms with Crippen molar-refractivity contribution in [2.45, 2.75) is 57.8 Å². The fourth-order valence-electron chi connectivity index (χ4n) is 4.16. The van der Waals surface area contributed by atoms with Crippen molar-refractivity contribution in [1.29, 1.82) is 0 Å². The second-order valence-electron chi connectivity index (χ2n) is 9.12. The summed E-state index contributed by atoms with van der Waals surface area (Å²) in [5, 5.41) is 16.3. The zero-order valence-electron chi connectivity index (χ0n) is 22.2. The molecule has 15 heteroatoms. The largest absolute Gasteiger partial charge is 0.465 e. The summed E-state index contributed by atoms with van der Waals surface area (Å²) in [7, 11) is -2.57. The zero-order chi connectivity index (χ0) is 28.4. The SMILES string of the molecule is CCOC(=O)[C@H](C)N[P@@](=O)(OC[C@H]1O[C@@H](n2cnc3c(NC)nc(C)nc32)[C@](C)(F)[C@@H]1O)Oc1ccccc1. The van der Waals surface area contributed by atoms with Crippen molar-refractivity contribution in [3.8, 4) is 5.75 Å². The normalized spacial score (nSPS) is 25.3. The van der Waals surface area contributed by atoms with Crippen LogP contribution < -0.4 is 14.9 Å². The molecule has 212 valence electrons. The van der Waals surface area contributed by atoms with E-state index < -0.39 is 50.5 Å². The Morgan fingerprint density at radius 1 is 1.33 bits per heavy atom. The Labute approximate surface area is 224 Å². The van der Waals surface area contributed by atoms with E-state index in [1.807, 2.05) is 0 Å². The van der Waals surface area contributed by atoms with Crippen molar-refractivity contribution in [1.82, 2.24) is 24.6 Å². The topological polar surface area (TPSA) is 159 Å². The molecular weight excluding hydrogens is 534 g/mol. The highest BCUT2D eigenvalue weighted by atomic mass is 31.2. The average Bonchev–Trinajstić information content (AvgIpc) is 3.40. The number of nitrogens with one attached hydrogen (secondary N) is 2. The van der Waals surface area contributed by atoms with Gasteiger partial charge in [0.15, 0.2) is 28.9 Å². The van der Waals surface area contributed by atoms with Crippen molar-refractivity contribution in [3.63, 3.8) is 0 Å². The molecule has 1 aliphatic rings. The van der Waals surface area contributed by atoms with Crippen molar-refractivity contribution in [2.24, 2.45) is 0 Å². The standard InChI is InChI=1S/C24H32FN6O7P/c1-6-35-22(33)14(2)30-39(34,38-16-10-8-7-9-11-16)36-12-17-19(32)24(4,25)23(37-17)31-13-27-18-20(26-5)28-15(3)29-21(18)31/h7-11,13-14,17,19,23,32H,6,12H2,1-5H3,(H,30,34)(H,26,28,29)/t14-,17+,19+,23+,24+,39+/m0/s1. The lowest BCUT2D eigenvalue weighted by Crippen LogP contribution is -2.41. The summed E-state index contributed by atoms with van der Waals surface area (Å²) in [5.41, 5.74) is -1.61. The lowest BCUT2D eigenvalue weighted by Gasteiger charge is -2.25. The number of hydrogen-bond donors (Lipinski definition) is 3. The Kier molecular flexibility index (Phi) is 8.52. The number of carbonyl (C=O) groups is 1. The Morgan fingerprint density at radius 3 is 2.72 bits per heavy atom. The molecule has 3 N–H and O–H groups in total. The van der Waals surface area contributed by atoms with E-state index in [9.17, 15) is 14.5 Å². The number of carbonyl (C=O) groups excluding carboxylic acids is 1. The van der Waals surface area contributed by atoms with Gasteiger partial charge in [-0.2, -0.15) is 5.09 Å². The minimum Gasteiger partial charge on any atom is -0.465 e. The van der Waals surface area contributed by atoms with E-state index in [1.165, 1.54) is 24.7 Å². The van der Waals surface area contributed by atoms with Crippen LogP contribution in [0.4, 0.5) is 10.2 Å². The van der Waals surface area contributed by atoms with Gasteiger partial charge in [-0.3, -0.25) is 13.9 Å². The molecule has 0 amide bonds. The number of aliphatic hydroxyl groups excluding tert-OH is 1. The quantitative estimate of drug-likeness (QED) is 0.230. The molecule has 3 heterocycles. The highest BCUT2D eigenvalue weighted by Gasteiger charge is 2.56. The molecule has 1 aromatic carbocycles. The lowest BCUT2D eigenvalue weighted by atomic mass is 9.98. The second kappa shape index (κ2) is 11.5. The maximum absolute atomic E-state index is 15.9. The fraction of sp³-hybridized carbons (Fsp3) is 0.500. The number of aliphatic hydroxyl groups is 1. The van der Waals surface area contributed by atoms with Gasteiger partial charge in [0.2, 0.25) is 0 Å². The number of esters is 1. The van der Waals surface area contributed by atoms with Crippen LogP contribution in [0.2, 0.25) is 0 Å². The number of ether oxygens (including phenoxy) is 2. The maximum Gasteiger partial charge on any atom is 0.459 e. The predicted molar refractivity (Wildman–Crippen MR) is 139 cm³/mol. The Morgan fingerprint density at radius 2 is 2.05 bits per heavy atom. The van der Waals surface area contributed by atoms with Crippen LogP contribution in [-0.4, -0.2) is 74.8 Å². The summed E-state index contributed by atoms with van der Waals surface area (Å²) in [6, 6.07) is 7.11. The van der Waals surface area contributed by atoms with Gasteiger partial charge in [-0.25, -0.2) is 23.9 Å². The van der Waals surface area contributed by atoms with Gasteiger partial charge in [-0.1, -0.05) is 18.2 Å². The average molecular weight is 567 g/mol. The van der Waals surface area contributed by atoms with E-state index in [1.54, 1.807) is 51.2 Å². The van der Waals surface area contributed by atoms with Gasteiger partial charge in [0, 0.05) is 7.05 Å².